The summed E-state index contributed by atoms with van der Waals surface area (Å²) in [6, 6.07) is 8.17. The first-order chi connectivity index (χ1) is 15.8. The number of carbonyl (C=O) groups excluding carboxylic acids is 1. The number of fused-ring (bicyclic) bond motifs is 1. The fourth-order valence-corrected chi connectivity index (χ4v) is 4.13. The van der Waals surface area contributed by atoms with Gasteiger partial charge >= 0.3 is 5.97 Å². The number of nitrogens with two attached hydrogens (primary N) is 1. The van der Waals surface area contributed by atoms with Crippen molar-refractivity contribution in [1.82, 2.24) is 9.97 Å². The maximum absolute atomic E-state index is 14.4. The van der Waals surface area contributed by atoms with Crippen LogP contribution in [0.1, 0.15) is 25.7 Å². The number of methoxy groups -OCH3 is 2. The Balaban J connectivity index is 1.62. The van der Waals surface area contributed by atoms with Gasteiger partial charge in [0, 0.05) is 11.5 Å². The van der Waals surface area contributed by atoms with E-state index < -0.39 is 17.3 Å². The van der Waals surface area contributed by atoms with Crippen LogP contribution in [0.25, 0.3) is 10.9 Å². The second-order valence-corrected chi connectivity index (χ2v) is 8.34. The van der Waals surface area contributed by atoms with E-state index in [0.29, 0.717) is 53.9 Å². The van der Waals surface area contributed by atoms with Gasteiger partial charge in [0.05, 0.1) is 36.6 Å². The standard InChI is InChI=1S/C23H24ClFN4O4/c1-31-18-11-17-14(21(28-12-27-17)29-16-5-3-4-15(24)20(16)25)10-19(18)33-13-6-8-23(26,9-7-13)22(30)32-2/h3-5,10-13H,6-9,26H2,1-2H3,(H,27,28,29)/t13-,23+. The minimum atomic E-state index is -0.992. The zero-order valence-electron chi connectivity index (χ0n) is 18.2. The molecule has 0 unspecified atom stereocenters. The van der Waals surface area contributed by atoms with E-state index in [-0.39, 0.29) is 16.8 Å². The zero-order chi connectivity index (χ0) is 23.6. The van der Waals surface area contributed by atoms with Crippen LogP contribution in [0.4, 0.5) is 15.9 Å². The van der Waals surface area contributed by atoms with Crippen LogP contribution in [0.15, 0.2) is 36.7 Å². The summed E-state index contributed by atoms with van der Waals surface area (Å²) < 4.78 is 31.0. The molecule has 0 spiro atoms. The molecule has 0 radical (unpaired) electrons. The van der Waals surface area contributed by atoms with E-state index in [1.54, 1.807) is 31.4 Å². The smallest absolute Gasteiger partial charge is 0.325 e. The van der Waals surface area contributed by atoms with Gasteiger partial charge in [0.2, 0.25) is 0 Å². The third-order valence-electron chi connectivity index (χ3n) is 5.84. The predicted molar refractivity (Wildman–Crippen MR) is 123 cm³/mol. The van der Waals surface area contributed by atoms with Crippen molar-refractivity contribution in [2.24, 2.45) is 5.73 Å². The monoisotopic (exact) mass is 474 g/mol. The lowest BCUT2D eigenvalue weighted by molar-refractivity contribution is -0.149. The van der Waals surface area contributed by atoms with E-state index in [2.05, 4.69) is 15.3 Å². The summed E-state index contributed by atoms with van der Waals surface area (Å²) in [6.07, 6.45) is 3.27. The first kappa shape index (κ1) is 23.0. The predicted octanol–water partition coefficient (Wildman–Crippen LogP) is 4.37. The van der Waals surface area contributed by atoms with Crippen LogP contribution in [0, 0.1) is 5.82 Å². The van der Waals surface area contributed by atoms with Crippen molar-refractivity contribution in [1.29, 1.82) is 0 Å². The summed E-state index contributed by atoms with van der Waals surface area (Å²) in [6.45, 7) is 0. The van der Waals surface area contributed by atoms with Crippen molar-refractivity contribution < 1.29 is 23.4 Å². The molecule has 8 nitrogen and oxygen atoms in total. The fourth-order valence-electron chi connectivity index (χ4n) is 3.95. The number of aromatic nitrogens is 2. The normalized spacial score (nSPS) is 20.3. The number of benzene rings is 2. The molecule has 0 atom stereocenters. The summed E-state index contributed by atoms with van der Waals surface area (Å²) in [5.74, 6) is 0.393. The van der Waals surface area contributed by atoms with Crippen molar-refractivity contribution in [3.05, 3.63) is 47.5 Å². The van der Waals surface area contributed by atoms with Crippen LogP contribution in [0.2, 0.25) is 5.02 Å². The Bertz CT molecular complexity index is 1180. The lowest BCUT2D eigenvalue weighted by Crippen LogP contribution is -2.52. The summed E-state index contributed by atoms with van der Waals surface area (Å²) in [5, 5.41) is 3.60. The Kier molecular flexibility index (Phi) is 6.53. The Morgan fingerprint density at radius 1 is 1.21 bits per heavy atom. The highest BCUT2D eigenvalue weighted by Gasteiger charge is 2.40. The Hall–Kier alpha value is -3.17. The van der Waals surface area contributed by atoms with Crippen molar-refractivity contribution >= 4 is 40.0 Å². The number of ether oxygens (including phenoxy) is 3. The number of anilines is 2. The molecule has 0 amide bonds. The highest BCUT2D eigenvalue weighted by molar-refractivity contribution is 6.31. The van der Waals surface area contributed by atoms with E-state index in [9.17, 15) is 9.18 Å². The number of carbonyl (C=O) groups is 1. The van der Waals surface area contributed by atoms with Gasteiger partial charge in [0.15, 0.2) is 17.3 Å². The van der Waals surface area contributed by atoms with Crippen LogP contribution in [0.3, 0.4) is 0 Å². The SMILES string of the molecule is COc1cc2ncnc(Nc3cccc(Cl)c3F)c2cc1O[C@H]1CC[C@](N)(C(=O)OC)CC1. The van der Waals surface area contributed by atoms with Gasteiger partial charge < -0.3 is 25.3 Å². The molecule has 1 aliphatic rings. The summed E-state index contributed by atoms with van der Waals surface area (Å²) >= 11 is 5.90. The molecule has 3 N–H and O–H groups in total. The lowest BCUT2D eigenvalue weighted by Gasteiger charge is -2.34. The molecule has 4 rings (SSSR count). The van der Waals surface area contributed by atoms with Crippen LogP contribution in [-0.2, 0) is 9.53 Å². The largest absolute Gasteiger partial charge is 0.493 e. The van der Waals surface area contributed by atoms with Crippen LogP contribution >= 0.6 is 11.6 Å². The van der Waals surface area contributed by atoms with Crippen molar-refractivity contribution in [2.45, 2.75) is 37.3 Å². The van der Waals surface area contributed by atoms with Gasteiger partial charge in [-0.15, -0.1) is 0 Å². The third kappa shape index (κ3) is 4.65. The summed E-state index contributed by atoms with van der Waals surface area (Å²) in [5.41, 5.74) is 5.99. The molecule has 174 valence electrons. The van der Waals surface area contributed by atoms with E-state index in [4.69, 9.17) is 31.5 Å². The van der Waals surface area contributed by atoms with Crippen molar-refractivity contribution in [2.75, 3.05) is 19.5 Å². The van der Waals surface area contributed by atoms with E-state index in [1.165, 1.54) is 19.5 Å². The van der Waals surface area contributed by atoms with Gasteiger partial charge in [0.25, 0.3) is 0 Å². The first-order valence-corrected chi connectivity index (χ1v) is 10.8. The van der Waals surface area contributed by atoms with Gasteiger partial charge in [-0.1, -0.05) is 17.7 Å². The zero-order valence-corrected chi connectivity index (χ0v) is 19.0. The molecule has 0 saturated heterocycles. The second kappa shape index (κ2) is 9.36. The fraction of sp³-hybridized carbons (Fsp3) is 0.348. The maximum atomic E-state index is 14.4. The van der Waals surface area contributed by atoms with Crippen molar-refractivity contribution in [3.63, 3.8) is 0 Å². The molecule has 1 heterocycles. The lowest BCUT2D eigenvalue weighted by atomic mass is 9.81. The first-order valence-electron chi connectivity index (χ1n) is 10.4. The molecule has 1 saturated carbocycles. The molecule has 0 bridgehead atoms. The number of hydrogen-bond donors (Lipinski definition) is 2. The molecule has 2 aromatic carbocycles. The Morgan fingerprint density at radius 2 is 1.97 bits per heavy atom. The number of hydrogen-bond acceptors (Lipinski definition) is 8. The minimum absolute atomic E-state index is 0.00397. The Labute approximate surface area is 195 Å². The van der Waals surface area contributed by atoms with Crippen LogP contribution in [0.5, 0.6) is 11.5 Å². The highest BCUT2D eigenvalue weighted by atomic mass is 35.5. The topological polar surface area (TPSA) is 109 Å². The number of halogens is 2. The quantitative estimate of drug-likeness (QED) is 0.507. The summed E-state index contributed by atoms with van der Waals surface area (Å²) in [7, 11) is 2.88. The van der Waals surface area contributed by atoms with Gasteiger partial charge in [-0.3, -0.25) is 4.79 Å². The number of nitrogens with zero attached hydrogens (tertiary/aromatic N) is 2. The van der Waals surface area contributed by atoms with Gasteiger partial charge in [-0.2, -0.15) is 0 Å². The van der Waals surface area contributed by atoms with Crippen LogP contribution in [-0.4, -0.2) is 41.8 Å². The molecular formula is C23H24ClFN4O4. The van der Waals surface area contributed by atoms with E-state index in [1.807, 2.05) is 0 Å². The molecule has 10 heteroatoms. The van der Waals surface area contributed by atoms with Crippen molar-refractivity contribution in [3.8, 4) is 11.5 Å². The minimum Gasteiger partial charge on any atom is -0.493 e. The average molecular weight is 475 g/mol. The molecule has 3 aromatic rings. The third-order valence-corrected chi connectivity index (χ3v) is 6.13. The number of nitrogens with one attached hydrogen (secondary N) is 1. The number of esters is 1. The molecular weight excluding hydrogens is 451 g/mol. The van der Waals surface area contributed by atoms with Gasteiger partial charge in [0.1, 0.15) is 17.7 Å². The summed E-state index contributed by atoms with van der Waals surface area (Å²) in [4.78, 5) is 20.5. The van der Waals surface area contributed by atoms with E-state index in [0.717, 1.165) is 0 Å². The molecule has 1 fully saturated rings. The molecule has 0 aliphatic heterocycles. The second-order valence-electron chi connectivity index (χ2n) is 7.93. The van der Waals surface area contributed by atoms with Crippen LogP contribution < -0.4 is 20.5 Å². The van der Waals surface area contributed by atoms with Gasteiger partial charge in [-0.25, -0.2) is 14.4 Å². The molecule has 1 aromatic heterocycles. The Morgan fingerprint density at radius 3 is 2.67 bits per heavy atom. The molecule has 33 heavy (non-hydrogen) atoms. The average Bonchev–Trinajstić information content (AvgIpc) is 2.83. The van der Waals surface area contributed by atoms with Gasteiger partial charge in [-0.05, 0) is 43.9 Å². The van der Waals surface area contributed by atoms with E-state index >= 15 is 0 Å². The maximum Gasteiger partial charge on any atom is 0.325 e. The molecule has 1 aliphatic carbocycles. The number of rotatable bonds is 6. The highest BCUT2D eigenvalue weighted by Crippen LogP contribution is 2.38.